The van der Waals surface area contributed by atoms with E-state index in [4.69, 9.17) is 4.98 Å². The van der Waals surface area contributed by atoms with E-state index in [2.05, 4.69) is 25.5 Å². The maximum Gasteiger partial charge on any atom is 1.00 e. The van der Waals surface area contributed by atoms with Gasteiger partial charge in [-0.15, -0.1) is 12.5 Å². The second kappa shape index (κ2) is 6.25. The predicted molar refractivity (Wildman–Crippen MR) is 59.2 cm³/mol. The third kappa shape index (κ3) is 3.29. The van der Waals surface area contributed by atoms with Gasteiger partial charge in [-0.2, -0.15) is 5.56 Å². The topological polar surface area (TPSA) is 12.9 Å². The normalized spacial score (nSPS) is 13.7. The molecule has 0 bridgehead atoms. The minimum atomic E-state index is 0. The zero-order valence-corrected chi connectivity index (χ0v) is 9.92. The van der Waals surface area contributed by atoms with Crippen molar-refractivity contribution < 1.29 is 18.9 Å². The van der Waals surface area contributed by atoms with E-state index in [1.807, 2.05) is 0 Å². The van der Waals surface area contributed by atoms with Crippen LogP contribution in [0, 0.1) is 6.42 Å². The van der Waals surface area contributed by atoms with Crippen molar-refractivity contribution in [2.45, 2.75) is 45.4 Å². The fourth-order valence-corrected chi connectivity index (χ4v) is 1.96. The van der Waals surface area contributed by atoms with Crippen LogP contribution in [0.5, 0.6) is 0 Å². The molecule has 2 heteroatoms. The summed E-state index contributed by atoms with van der Waals surface area (Å²) in [5.41, 5.74) is 3.96. The Balaban J connectivity index is 0.00000112. The van der Waals surface area contributed by atoms with E-state index in [9.17, 15) is 0 Å². The molecule has 0 spiro atoms. The van der Waals surface area contributed by atoms with Crippen LogP contribution in [0.25, 0.3) is 0 Å². The first kappa shape index (κ1) is 12.7. The first-order chi connectivity index (χ1) is 6.90. The molecule has 0 unspecified atom stereocenters. The van der Waals surface area contributed by atoms with E-state index in [0.717, 1.165) is 6.42 Å². The molecule has 0 atom stereocenters. The summed E-state index contributed by atoms with van der Waals surface area (Å²) in [6.07, 6.45) is 9.65. The van der Waals surface area contributed by atoms with Crippen LogP contribution in [0.15, 0.2) is 12.1 Å². The van der Waals surface area contributed by atoms with Gasteiger partial charge in [0, 0.05) is 5.69 Å². The molecule has 1 aliphatic carbocycles. The number of unbranched alkanes of at least 4 members (excludes halogenated alkanes) is 1. The average molecular weight is 195 g/mol. The third-order valence-electron chi connectivity index (χ3n) is 2.84. The summed E-state index contributed by atoms with van der Waals surface area (Å²) in [4.78, 5) is 4.70. The van der Waals surface area contributed by atoms with Crippen LogP contribution in [-0.2, 0) is 12.8 Å². The SMILES string of the molecule is CCCCc1ccc2c(n1)[CH-]CCC2.[Li+]. The van der Waals surface area contributed by atoms with Crippen LogP contribution >= 0.6 is 0 Å². The maximum atomic E-state index is 4.70. The summed E-state index contributed by atoms with van der Waals surface area (Å²) < 4.78 is 0. The summed E-state index contributed by atoms with van der Waals surface area (Å²) >= 11 is 0. The van der Waals surface area contributed by atoms with Crippen LogP contribution in [0.4, 0.5) is 0 Å². The van der Waals surface area contributed by atoms with Gasteiger partial charge >= 0.3 is 18.9 Å². The number of pyridine rings is 1. The Labute approximate surface area is 105 Å². The molecular formula is C13H18LiN. The summed E-state index contributed by atoms with van der Waals surface area (Å²) in [5, 5.41) is 0. The number of fused-ring (bicyclic) bond motifs is 1. The van der Waals surface area contributed by atoms with Crippen molar-refractivity contribution in [3.8, 4) is 0 Å². The largest absolute Gasteiger partial charge is 1.00 e. The summed E-state index contributed by atoms with van der Waals surface area (Å²) in [6, 6.07) is 4.47. The molecule has 1 aromatic rings. The van der Waals surface area contributed by atoms with Gasteiger partial charge in [-0.25, -0.2) is 6.42 Å². The molecule has 0 saturated heterocycles. The molecule has 15 heavy (non-hydrogen) atoms. The Morgan fingerprint density at radius 1 is 1.40 bits per heavy atom. The molecule has 1 aliphatic rings. The fraction of sp³-hybridized carbons (Fsp3) is 0.538. The second-order valence-electron chi connectivity index (χ2n) is 4.05. The molecule has 2 rings (SSSR count). The molecular weight excluding hydrogens is 177 g/mol. The first-order valence-electron chi connectivity index (χ1n) is 5.72. The van der Waals surface area contributed by atoms with Crippen LogP contribution in [0.3, 0.4) is 0 Å². The van der Waals surface area contributed by atoms with Crippen molar-refractivity contribution in [1.29, 1.82) is 0 Å². The van der Waals surface area contributed by atoms with Crippen molar-refractivity contribution in [3.63, 3.8) is 0 Å². The van der Waals surface area contributed by atoms with Gasteiger partial charge in [0.15, 0.2) is 0 Å². The molecule has 1 heterocycles. The molecule has 0 amide bonds. The van der Waals surface area contributed by atoms with E-state index >= 15 is 0 Å². The monoisotopic (exact) mass is 195 g/mol. The van der Waals surface area contributed by atoms with Gasteiger partial charge in [-0.1, -0.05) is 37.9 Å². The number of hydrogen-bond acceptors (Lipinski definition) is 1. The molecule has 0 aromatic carbocycles. The molecule has 0 radical (unpaired) electrons. The predicted octanol–water partition coefficient (Wildman–Crippen LogP) is 0.317. The third-order valence-corrected chi connectivity index (χ3v) is 2.84. The smallest absolute Gasteiger partial charge is 0.292 e. The van der Waals surface area contributed by atoms with Gasteiger partial charge in [-0.05, 0) is 12.8 Å². The molecule has 1 aromatic heterocycles. The van der Waals surface area contributed by atoms with Crippen LogP contribution in [0.2, 0.25) is 0 Å². The van der Waals surface area contributed by atoms with Crippen LogP contribution in [0.1, 0.15) is 49.6 Å². The van der Waals surface area contributed by atoms with E-state index in [1.165, 1.54) is 49.1 Å². The van der Waals surface area contributed by atoms with E-state index in [-0.39, 0.29) is 18.9 Å². The standard InChI is InChI=1S/C13H18N.Li/c1-2-3-7-12-10-9-11-6-4-5-8-13(11)14-12;/h8-10H,2-7H2,1H3;/q-1;+1. The Morgan fingerprint density at radius 3 is 3.07 bits per heavy atom. The second-order valence-corrected chi connectivity index (χ2v) is 4.05. The van der Waals surface area contributed by atoms with E-state index in [1.54, 1.807) is 0 Å². The zero-order valence-electron chi connectivity index (χ0n) is 9.92. The zero-order chi connectivity index (χ0) is 9.80. The average Bonchev–Trinajstić information content (AvgIpc) is 2.26. The van der Waals surface area contributed by atoms with Gasteiger partial charge in [-0.3, -0.25) is 4.98 Å². The quantitative estimate of drug-likeness (QED) is 0.500. The van der Waals surface area contributed by atoms with Crippen molar-refractivity contribution in [2.24, 2.45) is 0 Å². The van der Waals surface area contributed by atoms with Crippen molar-refractivity contribution in [3.05, 3.63) is 35.5 Å². The van der Waals surface area contributed by atoms with Crippen molar-refractivity contribution >= 4 is 0 Å². The number of nitrogens with zero attached hydrogens (tertiary/aromatic N) is 1. The number of aromatic nitrogens is 1. The summed E-state index contributed by atoms with van der Waals surface area (Å²) in [6.45, 7) is 2.23. The molecule has 76 valence electrons. The molecule has 0 fully saturated rings. The Morgan fingerprint density at radius 2 is 2.27 bits per heavy atom. The molecule has 1 nitrogen and oxygen atoms in total. The van der Waals surface area contributed by atoms with Gasteiger partial charge < -0.3 is 0 Å². The molecule has 0 saturated carbocycles. The summed E-state index contributed by atoms with van der Waals surface area (Å²) in [5.74, 6) is 0. The Kier molecular flexibility index (Phi) is 5.29. The molecule has 0 N–H and O–H groups in total. The maximum absolute atomic E-state index is 4.70. The number of rotatable bonds is 3. The van der Waals surface area contributed by atoms with Gasteiger partial charge in [0.05, 0.1) is 0 Å². The first-order valence-corrected chi connectivity index (χ1v) is 5.72. The Bertz CT molecular complexity index is 309. The van der Waals surface area contributed by atoms with Crippen molar-refractivity contribution in [1.82, 2.24) is 4.98 Å². The van der Waals surface area contributed by atoms with Gasteiger partial charge in [0.2, 0.25) is 0 Å². The van der Waals surface area contributed by atoms with E-state index in [0.29, 0.717) is 0 Å². The van der Waals surface area contributed by atoms with Gasteiger partial charge in [0.1, 0.15) is 0 Å². The molecule has 0 aliphatic heterocycles. The minimum Gasteiger partial charge on any atom is -0.292 e. The van der Waals surface area contributed by atoms with Crippen LogP contribution < -0.4 is 18.9 Å². The number of hydrogen-bond donors (Lipinski definition) is 0. The summed E-state index contributed by atoms with van der Waals surface area (Å²) in [7, 11) is 0. The van der Waals surface area contributed by atoms with Crippen molar-refractivity contribution in [2.75, 3.05) is 0 Å². The Hall–Kier alpha value is -0.383. The van der Waals surface area contributed by atoms with Crippen LogP contribution in [-0.4, -0.2) is 4.98 Å². The fourth-order valence-electron chi connectivity index (χ4n) is 1.96. The minimum absolute atomic E-state index is 0. The van der Waals surface area contributed by atoms with E-state index < -0.39 is 0 Å². The number of aryl methyl sites for hydroxylation is 2. The van der Waals surface area contributed by atoms with Gasteiger partial charge in [0.25, 0.3) is 0 Å².